The minimum Gasteiger partial charge on any atom is -0.335 e. The molecule has 1 aliphatic rings. The van der Waals surface area contributed by atoms with Gasteiger partial charge < -0.3 is 10.2 Å². The number of carbonyl (C=O) groups excluding carboxylic acids is 1. The number of carbonyl (C=O) groups is 1. The van der Waals surface area contributed by atoms with Gasteiger partial charge in [0, 0.05) is 31.5 Å². The maximum atomic E-state index is 12.1. The molecule has 0 unspecified atom stereocenters. The van der Waals surface area contributed by atoms with Gasteiger partial charge in [0.05, 0.1) is 12.5 Å². The monoisotopic (exact) mass is 258 g/mol. The van der Waals surface area contributed by atoms with E-state index in [0.717, 1.165) is 18.4 Å². The maximum absolute atomic E-state index is 12.1. The number of nitriles is 1. The molecule has 1 aliphatic carbocycles. The van der Waals surface area contributed by atoms with Gasteiger partial charge >= 0.3 is 6.03 Å². The summed E-state index contributed by atoms with van der Waals surface area (Å²) in [4.78, 5) is 17.9. The van der Waals surface area contributed by atoms with Gasteiger partial charge in [0.15, 0.2) is 0 Å². The molecule has 1 fully saturated rings. The summed E-state index contributed by atoms with van der Waals surface area (Å²) in [5.41, 5.74) is 0.976. The molecule has 5 heteroatoms. The Morgan fingerprint density at radius 1 is 1.58 bits per heavy atom. The van der Waals surface area contributed by atoms with Crippen LogP contribution in [0.3, 0.4) is 0 Å². The molecule has 1 saturated carbocycles. The van der Waals surface area contributed by atoms with E-state index in [9.17, 15) is 4.79 Å². The van der Waals surface area contributed by atoms with Crippen LogP contribution in [0.1, 0.15) is 31.2 Å². The normalized spacial score (nSPS) is 14.3. The van der Waals surface area contributed by atoms with Crippen LogP contribution in [-0.2, 0) is 6.54 Å². The van der Waals surface area contributed by atoms with Gasteiger partial charge in [0.25, 0.3) is 0 Å². The molecule has 0 aromatic carbocycles. The van der Waals surface area contributed by atoms with Crippen molar-refractivity contribution < 1.29 is 4.79 Å². The molecular formula is C14H18N4O. The van der Waals surface area contributed by atoms with Gasteiger partial charge in [-0.2, -0.15) is 5.26 Å². The number of rotatable bonds is 5. The Morgan fingerprint density at radius 2 is 2.42 bits per heavy atom. The van der Waals surface area contributed by atoms with Gasteiger partial charge in [-0.1, -0.05) is 6.07 Å². The number of aromatic nitrogens is 1. The topological polar surface area (TPSA) is 69.0 Å². The number of pyridine rings is 1. The third kappa shape index (κ3) is 3.95. The minimum atomic E-state index is -0.0798. The lowest BCUT2D eigenvalue weighted by molar-refractivity contribution is 0.184. The molecule has 1 heterocycles. The highest BCUT2D eigenvalue weighted by Gasteiger charge is 2.22. The summed E-state index contributed by atoms with van der Waals surface area (Å²) in [5, 5.41) is 11.7. The van der Waals surface area contributed by atoms with Crippen molar-refractivity contribution in [1.29, 1.82) is 5.26 Å². The van der Waals surface area contributed by atoms with E-state index in [2.05, 4.69) is 16.4 Å². The molecule has 0 spiro atoms. The van der Waals surface area contributed by atoms with Crippen LogP contribution in [-0.4, -0.2) is 28.5 Å². The summed E-state index contributed by atoms with van der Waals surface area (Å²) in [6, 6.07) is 6.10. The van der Waals surface area contributed by atoms with Crippen LogP contribution < -0.4 is 5.32 Å². The minimum absolute atomic E-state index is 0.0798. The fraction of sp³-hybridized carbons (Fsp3) is 0.500. The van der Waals surface area contributed by atoms with E-state index < -0.39 is 0 Å². The Hall–Kier alpha value is -2.09. The SMILES string of the molecule is N#CCCN(Cc1cccnc1)C(=O)NC1CCC1. The predicted molar refractivity (Wildman–Crippen MR) is 71.0 cm³/mol. The van der Waals surface area contributed by atoms with E-state index in [1.807, 2.05) is 12.1 Å². The van der Waals surface area contributed by atoms with Crippen molar-refractivity contribution in [3.05, 3.63) is 30.1 Å². The van der Waals surface area contributed by atoms with Crippen molar-refractivity contribution in [2.24, 2.45) is 0 Å². The van der Waals surface area contributed by atoms with E-state index in [1.165, 1.54) is 6.42 Å². The largest absolute Gasteiger partial charge is 0.335 e. The van der Waals surface area contributed by atoms with Crippen molar-refractivity contribution in [3.63, 3.8) is 0 Å². The van der Waals surface area contributed by atoms with Gasteiger partial charge in [-0.25, -0.2) is 4.79 Å². The summed E-state index contributed by atoms with van der Waals surface area (Å²) < 4.78 is 0. The molecule has 0 aliphatic heterocycles. The molecule has 100 valence electrons. The zero-order valence-electron chi connectivity index (χ0n) is 10.9. The Balaban J connectivity index is 1.94. The summed E-state index contributed by atoms with van der Waals surface area (Å²) >= 11 is 0. The van der Waals surface area contributed by atoms with Crippen LogP contribution >= 0.6 is 0 Å². The number of hydrogen-bond acceptors (Lipinski definition) is 3. The molecule has 5 nitrogen and oxygen atoms in total. The molecule has 0 saturated heterocycles. The third-order valence-corrected chi connectivity index (χ3v) is 3.31. The second kappa shape index (κ2) is 6.74. The summed E-state index contributed by atoms with van der Waals surface area (Å²) in [6.07, 6.45) is 7.10. The first kappa shape index (κ1) is 13.3. The van der Waals surface area contributed by atoms with Gasteiger partial charge in [0.2, 0.25) is 0 Å². The lowest BCUT2D eigenvalue weighted by Crippen LogP contribution is -2.47. The van der Waals surface area contributed by atoms with Gasteiger partial charge in [-0.15, -0.1) is 0 Å². The number of nitrogens with one attached hydrogen (secondary N) is 1. The van der Waals surface area contributed by atoms with E-state index in [0.29, 0.717) is 25.6 Å². The lowest BCUT2D eigenvalue weighted by atomic mass is 9.93. The molecule has 0 bridgehead atoms. The van der Waals surface area contributed by atoms with Crippen LogP contribution in [0.15, 0.2) is 24.5 Å². The number of urea groups is 1. The summed E-state index contributed by atoms with van der Waals surface area (Å²) in [7, 11) is 0. The first-order valence-corrected chi connectivity index (χ1v) is 6.61. The smallest absolute Gasteiger partial charge is 0.317 e. The highest BCUT2D eigenvalue weighted by atomic mass is 16.2. The molecule has 19 heavy (non-hydrogen) atoms. The van der Waals surface area contributed by atoms with E-state index in [-0.39, 0.29) is 6.03 Å². The number of amides is 2. The van der Waals surface area contributed by atoms with Crippen molar-refractivity contribution in [3.8, 4) is 6.07 Å². The molecule has 1 aromatic rings. The van der Waals surface area contributed by atoms with E-state index in [4.69, 9.17) is 5.26 Å². The summed E-state index contributed by atoms with van der Waals surface area (Å²) in [5.74, 6) is 0. The van der Waals surface area contributed by atoms with Crippen LogP contribution in [0, 0.1) is 11.3 Å². The average Bonchev–Trinajstić information content (AvgIpc) is 2.39. The van der Waals surface area contributed by atoms with Crippen LogP contribution in [0.5, 0.6) is 0 Å². The molecule has 0 radical (unpaired) electrons. The van der Waals surface area contributed by atoms with Gasteiger partial charge in [0.1, 0.15) is 0 Å². The van der Waals surface area contributed by atoms with Crippen LogP contribution in [0.2, 0.25) is 0 Å². The lowest BCUT2D eigenvalue weighted by Gasteiger charge is -2.30. The fourth-order valence-electron chi connectivity index (χ4n) is 1.97. The first-order valence-electron chi connectivity index (χ1n) is 6.61. The summed E-state index contributed by atoms with van der Waals surface area (Å²) in [6.45, 7) is 0.942. The number of nitrogens with zero attached hydrogens (tertiary/aromatic N) is 3. The highest BCUT2D eigenvalue weighted by Crippen LogP contribution is 2.18. The van der Waals surface area contributed by atoms with Gasteiger partial charge in [-0.3, -0.25) is 4.98 Å². The molecule has 0 atom stereocenters. The Kier molecular flexibility index (Phi) is 4.73. The van der Waals surface area contributed by atoms with Crippen molar-refractivity contribution in [2.75, 3.05) is 6.54 Å². The molecule has 1 N–H and O–H groups in total. The standard InChI is InChI=1S/C14H18N4O/c15-7-3-9-18(11-12-4-2-8-16-10-12)14(19)17-13-5-1-6-13/h2,4,8,10,13H,1,3,5-6,9,11H2,(H,17,19). The zero-order chi connectivity index (χ0) is 13.5. The third-order valence-electron chi connectivity index (χ3n) is 3.31. The molecule has 2 rings (SSSR count). The Bertz CT molecular complexity index is 450. The molecular weight excluding hydrogens is 240 g/mol. The second-order valence-electron chi connectivity index (χ2n) is 4.77. The van der Waals surface area contributed by atoms with Crippen molar-refractivity contribution >= 4 is 6.03 Å². The first-order chi connectivity index (χ1) is 9.29. The maximum Gasteiger partial charge on any atom is 0.317 e. The van der Waals surface area contributed by atoms with Crippen LogP contribution in [0.25, 0.3) is 0 Å². The fourth-order valence-corrected chi connectivity index (χ4v) is 1.97. The van der Waals surface area contributed by atoms with Crippen molar-refractivity contribution in [1.82, 2.24) is 15.2 Å². The zero-order valence-corrected chi connectivity index (χ0v) is 10.9. The van der Waals surface area contributed by atoms with Gasteiger partial charge in [-0.05, 0) is 30.9 Å². The highest BCUT2D eigenvalue weighted by molar-refractivity contribution is 5.74. The van der Waals surface area contributed by atoms with Crippen LogP contribution in [0.4, 0.5) is 4.79 Å². The number of hydrogen-bond donors (Lipinski definition) is 1. The quantitative estimate of drug-likeness (QED) is 0.878. The predicted octanol–water partition coefficient (Wildman–Crippen LogP) is 2.06. The van der Waals surface area contributed by atoms with E-state index in [1.54, 1.807) is 17.3 Å². The van der Waals surface area contributed by atoms with Crippen molar-refractivity contribution in [2.45, 2.75) is 38.3 Å². The Labute approximate surface area is 113 Å². The molecule has 1 aromatic heterocycles. The van der Waals surface area contributed by atoms with E-state index >= 15 is 0 Å². The Morgan fingerprint density at radius 3 is 3.00 bits per heavy atom. The molecule has 2 amide bonds. The second-order valence-corrected chi connectivity index (χ2v) is 4.77. The average molecular weight is 258 g/mol.